The van der Waals surface area contributed by atoms with E-state index in [0.717, 1.165) is 36.0 Å². The molecule has 0 aliphatic carbocycles. The van der Waals surface area contributed by atoms with Gasteiger partial charge >= 0.3 is 5.97 Å². The number of thiazole rings is 1. The zero-order valence-electron chi connectivity index (χ0n) is 23.1. The molecule has 220 valence electrons. The zero-order valence-corrected chi connectivity index (χ0v) is 25.4. The average Bonchev–Trinajstić information content (AvgIpc) is 3.41. The predicted molar refractivity (Wildman–Crippen MR) is 163 cm³/mol. The largest absolute Gasteiger partial charge is 0.494 e. The third-order valence-corrected chi connectivity index (χ3v) is 8.77. The summed E-state index contributed by atoms with van der Waals surface area (Å²) >= 11 is 14.3. The Morgan fingerprint density at radius 1 is 1.12 bits per heavy atom. The molecule has 0 amide bonds. The number of carboxylic acids is 1. The van der Waals surface area contributed by atoms with Crippen LogP contribution in [0.5, 0.6) is 5.75 Å². The Bertz CT molecular complexity index is 1300. The van der Waals surface area contributed by atoms with Gasteiger partial charge in [-0.2, -0.15) is 0 Å². The number of hydrogen-bond acceptors (Lipinski definition) is 10. The van der Waals surface area contributed by atoms with E-state index >= 15 is 0 Å². The van der Waals surface area contributed by atoms with Crippen LogP contribution in [0.15, 0.2) is 24.5 Å². The lowest BCUT2D eigenvalue weighted by Crippen LogP contribution is -2.36. The monoisotopic (exact) mass is 620 g/mol. The first-order chi connectivity index (χ1) is 19.8. The van der Waals surface area contributed by atoms with Crippen LogP contribution in [0.2, 0.25) is 10.0 Å². The molecule has 0 unspecified atom stereocenters. The molecule has 0 bridgehead atoms. The number of anilines is 2. The second-order valence-electron chi connectivity index (χ2n) is 9.87. The molecule has 3 aromatic rings. The summed E-state index contributed by atoms with van der Waals surface area (Å²) in [5, 5.41) is 13.9. The number of nitrogens with one attached hydrogen (secondary N) is 1. The van der Waals surface area contributed by atoms with Gasteiger partial charge in [0, 0.05) is 37.1 Å². The van der Waals surface area contributed by atoms with E-state index in [1.807, 2.05) is 24.1 Å². The number of likely N-dealkylation sites (tertiary alicyclic amines) is 1. The van der Waals surface area contributed by atoms with E-state index in [1.54, 1.807) is 24.6 Å². The molecule has 2 aliphatic heterocycles. The Morgan fingerprint density at radius 2 is 1.80 bits per heavy atom. The zero-order chi connectivity index (χ0) is 29.4. The highest BCUT2D eigenvalue weighted by Crippen LogP contribution is 2.40. The van der Waals surface area contributed by atoms with Crippen molar-refractivity contribution in [3.05, 3.63) is 45.1 Å². The predicted octanol–water partition coefficient (Wildman–Crippen LogP) is 5.74. The lowest BCUT2D eigenvalue weighted by molar-refractivity contribution is -0.142. The molecule has 0 spiro atoms. The van der Waals surface area contributed by atoms with Gasteiger partial charge in [0.2, 0.25) is 0 Å². The Hall–Kier alpha value is -2.99. The van der Waals surface area contributed by atoms with Crippen molar-refractivity contribution in [2.24, 2.45) is 5.92 Å². The van der Waals surface area contributed by atoms with Crippen LogP contribution in [0, 0.1) is 5.92 Å². The fourth-order valence-corrected chi connectivity index (χ4v) is 6.54. The number of carbonyl (C=O) groups is 2. The van der Waals surface area contributed by atoms with Crippen molar-refractivity contribution < 1.29 is 19.4 Å². The number of benzene rings is 1. The molecule has 2 aromatic heterocycles. The molecule has 10 nitrogen and oxygen atoms in total. The van der Waals surface area contributed by atoms with E-state index < -0.39 is 5.97 Å². The molecule has 5 rings (SSSR count). The first-order valence-electron chi connectivity index (χ1n) is 13.5. The van der Waals surface area contributed by atoms with E-state index in [1.165, 1.54) is 30.3 Å². The third kappa shape index (κ3) is 8.06. The van der Waals surface area contributed by atoms with Crippen LogP contribution >= 0.6 is 34.5 Å². The number of rotatable bonds is 8. The fraction of sp³-hybridized carbons (Fsp3) is 0.464. The van der Waals surface area contributed by atoms with Crippen LogP contribution in [0.4, 0.5) is 10.9 Å². The summed E-state index contributed by atoms with van der Waals surface area (Å²) < 4.78 is 5.24. The molecule has 2 aliphatic rings. The number of ether oxygens (including phenoxy) is 1. The highest BCUT2D eigenvalue weighted by molar-refractivity contribution is 7.16. The van der Waals surface area contributed by atoms with E-state index in [4.69, 9.17) is 38.0 Å². The van der Waals surface area contributed by atoms with E-state index in [-0.39, 0.29) is 5.92 Å². The number of methoxy groups -OCH3 is 1. The summed E-state index contributed by atoms with van der Waals surface area (Å²) in [6.07, 6.45) is 8.72. The maximum atomic E-state index is 10.8. The number of aldehydes is 1. The van der Waals surface area contributed by atoms with Crippen LogP contribution < -0.4 is 15.0 Å². The molecule has 2 saturated heterocycles. The van der Waals surface area contributed by atoms with Gasteiger partial charge in [-0.15, -0.1) is 11.3 Å². The Kier molecular flexibility index (Phi) is 11.1. The van der Waals surface area contributed by atoms with Crippen LogP contribution in [-0.4, -0.2) is 77.6 Å². The topological polar surface area (TPSA) is 121 Å². The minimum absolute atomic E-state index is 0.256. The average molecular weight is 622 g/mol. The number of aromatic nitrogens is 3. The number of halogens is 2. The van der Waals surface area contributed by atoms with Gasteiger partial charge in [-0.25, -0.2) is 15.0 Å². The molecule has 4 heterocycles. The molecule has 2 N–H and O–H groups in total. The van der Waals surface area contributed by atoms with Gasteiger partial charge in [-0.1, -0.05) is 29.6 Å². The lowest BCUT2D eigenvalue weighted by Gasteiger charge is -2.30. The van der Waals surface area contributed by atoms with Crippen LogP contribution in [0.25, 0.3) is 11.3 Å². The van der Waals surface area contributed by atoms with Crippen molar-refractivity contribution in [2.45, 2.75) is 38.6 Å². The fourth-order valence-electron chi connectivity index (χ4n) is 4.91. The van der Waals surface area contributed by atoms with Crippen molar-refractivity contribution in [3.8, 4) is 17.0 Å². The van der Waals surface area contributed by atoms with Gasteiger partial charge in [0.15, 0.2) is 17.2 Å². The smallest absolute Gasteiger partial charge is 0.306 e. The van der Waals surface area contributed by atoms with Gasteiger partial charge in [0.1, 0.15) is 11.5 Å². The van der Waals surface area contributed by atoms with Gasteiger partial charge < -0.3 is 20.1 Å². The molecular weight excluding hydrogens is 587 g/mol. The Balaban J connectivity index is 0.000000201. The normalized spacial score (nSPS) is 16.0. The first-order valence-corrected chi connectivity index (χ1v) is 15.1. The highest BCUT2D eigenvalue weighted by Gasteiger charge is 2.25. The van der Waals surface area contributed by atoms with Crippen LogP contribution in [0.3, 0.4) is 0 Å². The van der Waals surface area contributed by atoms with Crippen LogP contribution in [0.1, 0.15) is 47.5 Å². The summed E-state index contributed by atoms with van der Waals surface area (Å²) in [5.74, 6) is 0.212. The SMILES string of the molecule is CNc1nc(-c2cc(Cl)c(OC)c(Cl)c2)c(CN2CCCCC2)s1.O=Cc1cnc(N2CCC(C(=O)O)CC2)cn1. The molecule has 2 fully saturated rings. The van der Waals surface area contributed by atoms with Gasteiger partial charge in [0.05, 0.1) is 41.2 Å². The van der Waals surface area contributed by atoms with E-state index in [2.05, 4.69) is 20.2 Å². The number of aliphatic carboxylic acids is 1. The second kappa shape index (κ2) is 14.8. The van der Waals surface area contributed by atoms with Crippen molar-refractivity contribution >= 4 is 57.7 Å². The van der Waals surface area contributed by atoms with Gasteiger partial charge in [-0.3, -0.25) is 14.5 Å². The van der Waals surface area contributed by atoms with E-state index in [0.29, 0.717) is 59.5 Å². The standard InChI is InChI=1S/C17H21Cl2N3OS.C11H13N3O3/c1-20-17-21-15(11-8-12(18)16(23-2)13(19)9-11)14(24-17)10-22-6-4-3-5-7-22;15-7-9-5-13-10(6-12-9)14-3-1-8(2-4-14)11(16)17/h8-9H,3-7,10H2,1-2H3,(H,20,21);5-8H,1-4H2,(H,16,17). The Labute approximate surface area is 253 Å². The molecule has 13 heteroatoms. The van der Waals surface area contributed by atoms with Crippen LogP contribution in [-0.2, 0) is 11.3 Å². The van der Waals surface area contributed by atoms with Crippen molar-refractivity contribution in [3.63, 3.8) is 0 Å². The molecule has 0 radical (unpaired) electrons. The number of carboxylic acid groups (broad SMARTS) is 1. The molecule has 0 atom stereocenters. The minimum atomic E-state index is -0.730. The summed E-state index contributed by atoms with van der Waals surface area (Å²) in [4.78, 5) is 39.7. The minimum Gasteiger partial charge on any atom is -0.494 e. The quantitative estimate of drug-likeness (QED) is 0.301. The highest BCUT2D eigenvalue weighted by atomic mass is 35.5. The van der Waals surface area contributed by atoms with Gasteiger partial charge in [-0.05, 0) is 50.9 Å². The van der Waals surface area contributed by atoms with Crippen molar-refractivity contribution in [2.75, 3.05) is 50.6 Å². The molecule has 41 heavy (non-hydrogen) atoms. The lowest BCUT2D eigenvalue weighted by atomic mass is 9.97. The molecule has 1 aromatic carbocycles. The molecular formula is C28H34Cl2N6O4S. The number of nitrogens with zero attached hydrogens (tertiary/aromatic N) is 5. The summed E-state index contributed by atoms with van der Waals surface area (Å²) in [5.41, 5.74) is 2.17. The van der Waals surface area contributed by atoms with Crippen molar-refractivity contribution in [1.82, 2.24) is 19.9 Å². The summed E-state index contributed by atoms with van der Waals surface area (Å²) in [6.45, 7) is 4.53. The van der Waals surface area contributed by atoms with E-state index in [9.17, 15) is 9.59 Å². The number of piperidine rings is 2. The Morgan fingerprint density at radius 3 is 2.34 bits per heavy atom. The third-order valence-electron chi connectivity index (χ3n) is 7.15. The summed E-state index contributed by atoms with van der Waals surface area (Å²) in [7, 11) is 3.46. The second-order valence-corrected chi connectivity index (χ2v) is 11.8. The van der Waals surface area contributed by atoms with Gasteiger partial charge in [0.25, 0.3) is 0 Å². The summed E-state index contributed by atoms with van der Waals surface area (Å²) in [6, 6.07) is 3.75. The first kappa shape index (κ1) is 31.0. The number of hydrogen-bond donors (Lipinski definition) is 2. The van der Waals surface area contributed by atoms with Crippen molar-refractivity contribution in [1.29, 1.82) is 0 Å². The maximum Gasteiger partial charge on any atom is 0.306 e. The maximum absolute atomic E-state index is 10.8. The molecule has 0 saturated carbocycles. The number of carbonyl (C=O) groups excluding carboxylic acids is 1.